The van der Waals surface area contributed by atoms with Crippen LogP contribution in [0.1, 0.15) is 12.0 Å². The second-order valence-corrected chi connectivity index (χ2v) is 6.24. The van der Waals surface area contributed by atoms with Gasteiger partial charge in [-0.25, -0.2) is 4.79 Å². The largest absolute Gasteiger partial charge is 0.419 e. The van der Waals surface area contributed by atoms with Gasteiger partial charge < -0.3 is 9.32 Å². The number of rotatable bonds is 3. The van der Waals surface area contributed by atoms with Crippen molar-refractivity contribution >= 4 is 34.3 Å². The number of para-hydroxylation sites is 1. The molecule has 2 heterocycles. The van der Waals surface area contributed by atoms with Gasteiger partial charge in [0, 0.05) is 30.2 Å². The molecule has 4 rings (SSSR count). The lowest BCUT2D eigenvalue weighted by molar-refractivity contribution is -0.118. The molecule has 0 radical (unpaired) electrons. The van der Waals surface area contributed by atoms with E-state index in [9.17, 15) is 9.59 Å². The summed E-state index contributed by atoms with van der Waals surface area (Å²) < 4.78 is 6.65. The highest BCUT2D eigenvalue weighted by Crippen LogP contribution is 2.28. The number of hydrogen-bond acceptors (Lipinski definition) is 3. The van der Waals surface area contributed by atoms with Gasteiger partial charge in [0.25, 0.3) is 0 Å². The lowest BCUT2D eigenvalue weighted by Crippen LogP contribution is -2.30. The van der Waals surface area contributed by atoms with Crippen LogP contribution < -0.4 is 10.7 Å². The van der Waals surface area contributed by atoms with Crippen molar-refractivity contribution in [2.75, 3.05) is 11.4 Å². The van der Waals surface area contributed by atoms with E-state index < -0.39 is 5.76 Å². The van der Waals surface area contributed by atoms with Gasteiger partial charge in [-0.1, -0.05) is 29.8 Å². The number of amides is 1. The minimum atomic E-state index is -0.470. The Bertz CT molecular complexity index is 989. The molecule has 1 aliphatic heterocycles. The Balaban J connectivity index is 1.56. The Labute approximate surface area is 143 Å². The second-order valence-electron chi connectivity index (χ2n) is 5.81. The summed E-state index contributed by atoms with van der Waals surface area (Å²) in [5.41, 5.74) is 3.24. The van der Waals surface area contributed by atoms with Crippen LogP contribution in [0, 0.1) is 0 Å². The van der Waals surface area contributed by atoms with Gasteiger partial charge in [-0.15, -0.1) is 0 Å². The molecule has 0 saturated carbocycles. The molecule has 122 valence electrons. The molecule has 5 nitrogen and oxygen atoms in total. The number of carbonyl (C=O) groups is 1. The van der Waals surface area contributed by atoms with Gasteiger partial charge in [0.1, 0.15) is 0 Å². The maximum atomic E-state index is 12.6. The molecule has 0 N–H and O–H groups in total. The van der Waals surface area contributed by atoms with Gasteiger partial charge >= 0.3 is 5.76 Å². The molecule has 3 aromatic rings. The fourth-order valence-corrected chi connectivity index (χ4v) is 3.35. The highest BCUT2D eigenvalue weighted by atomic mass is 35.5. The topological polar surface area (TPSA) is 55.5 Å². The molecular weight excluding hydrogens is 328 g/mol. The van der Waals surface area contributed by atoms with E-state index in [1.165, 1.54) is 10.1 Å². The van der Waals surface area contributed by atoms with Gasteiger partial charge in [-0.05, 0) is 36.2 Å². The van der Waals surface area contributed by atoms with E-state index in [1.807, 2.05) is 24.3 Å². The van der Waals surface area contributed by atoms with E-state index in [1.54, 1.807) is 23.1 Å². The van der Waals surface area contributed by atoms with E-state index >= 15 is 0 Å². The number of hydrogen-bond donors (Lipinski definition) is 0. The number of aromatic nitrogens is 1. The number of fused-ring (bicyclic) bond motifs is 2. The molecule has 1 aromatic heterocycles. The molecule has 0 fully saturated rings. The summed E-state index contributed by atoms with van der Waals surface area (Å²) in [7, 11) is 0. The molecule has 0 unspecified atom stereocenters. The van der Waals surface area contributed by atoms with Gasteiger partial charge in [0.05, 0.1) is 5.52 Å². The van der Waals surface area contributed by atoms with Crippen LogP contribution in [0.5, 0.6) is 0 Å². The Morgan fingerprint density at radius 2 is 2.04 bits per heavy atom. The van der Waals surface area contributed by atoms with Crippen molar-refractivity contribution in [3.63, 3.8) is 0 Å². The van der Waals surface area contributed by atoms with Crippen molar-refractivity contribution < 1.29 is 9.21 Å². The van der Waals surface area contributed by atoms with Crippen molar-refractivity contribution in [3.8, 4) is 0 Å². The summed E-state index contributed by atoms with van der Waals surface area (Å²) in [5.74, 6) is -0.467. The molecule has 6 heteroatoms. The van der Waals surface area contributed by atoms with E-state index in [2.05, 4.69) is 0 Å². The van der Waals surface area contributed by atoms with Crippen LogP contribution in [0.2, 0.25) is 5.02 Å². The Hall–Kier alpha value is -2.53. The molecule has 1 amide bonds. The first-order chi connectivity index (χ1) is 11.6. The van der Waals surface area contributed by atoms with Crippen LogP contribution in [0.3, 0.4) is 0 Å². The third-order valence-electron chi connectivity index (χ3n) is 4.37. The Morgan fingerprint density at radius 3 is 2.92 bits per heavy atom. The minimum absolute atomic E-state index is 0.00299. The summed E-state index contributed by atoms with van der Waals surface area (Å²) in [6.45, 7) is 0.953. The van der Waals surface area contributed by atoms with Crippen LogP contribution in [0.15, 0.2) is 51.7 Å². The van der Waals surface area contributed by atoms with Gasteiger partial charge in [-0.3, -0.25) is 9.36 Å². The number of carbonyl (C=O) groups excluding carboxylic acids is 1. The van der Waals surface area contributed by atoms with Gasteiger partial charge in [-0.2, -0.15) is 0 Å². The molecule has 2 aromatic carbocycles. The standard InChI is InChI=1S/C18H15ClN2O3/c19-13-5-6-16-15(11-13)21(18(23)24-16)10-8-17(22)20-9-7-12-3-1-2-4-14(12)20/h1-6,11H,7-10H2. The fourth-order valence-electron chi connectivity index (χ4n) is 3.19. The average Bonchev–Trinajstić information content (AvgIpc) is 3.13. The van der Waals surface area contributed by atoms with Crippen LogP contribution in [-0.2, 0) is 17.8 Å². The quantitative estimate of drug-likeness (QED) is 0.734. The number of aryl methyl sites for hydroxylation is 1. The monoisotopic (exact) mass is 342 g/mol. The number of nitrogens with zero attached hydrogens (tertiary/aromatic N) is 2. The summed E-state index contributed by atoms with van der Waals surface area (Å²) in [5, 5.41) is 0.525. The van der Waals surface area contributed by atoms with Crippen molar-refractivity contribution in [3.05, 3.63) is 63.6 Å². The zero-order chi connectivity index (χ0) is 16.7. The van der Waals surface area contributed by atoms with E-state index in [0.29, 0.717) is 22.7 Å². The molecule has 0 saturated heterocycles. The third-order valence-corrected chi connectivity index (χ3v) is 4.60. The highest BCUT2D eigenvalue weighted by Gasteiger charge is 2.24. The maximum absolute atomic E-state index is 12.6. The Kier molecular flexibility index (Phi) is 3.65. The predicted molar refractivity (Wildman–Crippen MR) is 92.6 cm³/mol. The molecule has 0 aliphatic carbocycles. The van der Waals surface area contributed by atoms with Crippen molar-refractivity contribution in [2.45, 2.75) is 19.4 Å². The van der Waals surface area contributed by atoms with Crippen LogP contribution >= 0.6 is 11.6 Å². The lowest BCUT2D eigenvalue weighted by Gasteiger charge is -2.17. The lowest BCUT2D eigenvalue weighted by atomic mass is 10.2. The van der Waals surface area contributed by atoms with Crippen LogP contribution in [0.25, 0.3) is 11.1 Å². The van der Waals surface area contributed by atoms with Crippen molar-refractivity contribution in [2.24, 2.45) is 0 Å². The first-order valence-electron chi connectivity index (χ1n) is 7.80. The highest BCUT2D eigenvalue weighted by molar-refractivity contribution is 6.31. The van der Waals surface area contributed by atoms with Crippen molar-refractivity contribution in [1.82, 2.24) is 4.57 Å². The fraction of sp³-hybridized carbons (Fsp3) is 0.222. The summed E-state index contributed by atoms with van der Waals surface area (Å²) in [6, 6.07) is 12.9. The second kappa shape index (κ2) is 5.83. The van der Waals surface area contributed by atoms with E-state index in [4.69, 9.17) is 16.0 Å². The number of oxazole rings is 1. The third kappa shape index (κ3) is 2.51. The molecule has 0 atom stereocenters. The van der Waals surface area contributed by atoms with Gasteiger partial charge in [0.2, 0.25) is 5.91 Å². The molecular formula is C18H15ClN2O3. The molecule has 1 aliphatic rings. The average molecular weight is 343 g/mol. The van der Waals surface area contributed by atoms with Crippen molar-refractivity contribution in [1.29, 1.82) is 0 Å². The predicted octanol–water partition coefficient (Wildman–Crippen LogP) is 3.23. The molecule has 0 spiro atoms. The van der Waals surface area contributed by atoms with Crippen LogP contribution in [-0.4, -0.2) is 17.0 Å². The van der Waals surface area contributed by atoms with E-state index in [0.717, 1.165) is 12.1 Å². The summed E-state index contributed by atoms with van der Waals surface area (Å²) in [4.78, 5) is 26.4. The smallest absolute Gasteiger partial charge is 0.408 e. The van der Waals surface area contributed by atoms with E-state index in [-0.39, 0.29) is 18.9 Å². The zero-order valence-corrected chi connectivity index (χ0v) is 13.6. The molecule has 24 heavy (non-hydrogen) atoms. The summed E-state index contributed by atoms with van der Waals surface area (Å²) in [6.07, 6.45) is 1.10. The SMILES string of the molecule is O=C(CCn1c(=O)oc2ccc(Cl)cc21)N1CCc2ccccc21. The number of anilines is 1. The maximum Gasteiger partial charge on any atom is 0.419 e. The minimum Gasteiger partial charge on any atom is -0.408 e. The summed E-state index contributed by atoms with van der Waals surface area (Å²) >= 11 is 5.99. The Morgan fingerprint density at radius 1 is 1.21 bits per heavy atom. The zero-order valence-electron chi connectivity index (χ0n) is 12.9. The van der Waals surface area contributed by atoms with Crippen LogP contribution in [0.4, 0.5) is 5.69 Å². The number of benzene rings is 2. The number of halogens is 1. The normalized spacial score (nSPS) is 13.5. The first kappa shape index (κ1) is 15.0. The van der Waals surface area contributed by atoms with Gasteiger partial charge in [0.15, 0.2) is 5.58 Å². The first-order valence-corrected chi connectivity index (χ1v) is 8.18. The molecule has 0 bridgehead atoms.